The third-order valence-corrected chi connectivity index (χ3v) is 12.3. The minimum atomic E-state index is -5.79. The Morgan fingerprint density at radius 3 is 2.53 bits per heavy atom. The van der Waals surface area contributed by atoms with Crippen LogP contribution >= 0.6 is 30.3 Å². The van der Waals surface area contributed by atoms with E-state index in [9.17, 15) is 37.5 Å². The zero-order valence-corrected chi connectivity index (χ0v) is 29.5. The zero-order valence-electron chi connectivity index (χ0n) is 27.0. The number of thiazole rings is 1. The standard InChI is InChI=1S/C35H33F2N4O7PS2/c36-35(37,49(45,46)47)23-12-13-28-22(17-23)18-30(50-28)32(42)39-25(19-31-38-24-9-4-5-11-29(24)51-31)33(43)41-14-6-10-26(41)34(44)40-15-16-48-27(20-40)21-7-2-1-3-8-21/h1-5,7-9,11-13,17-18,25-27H,6,10,14-16,19-20H2,(H,39,42)(H2,45,46,47)/t25-,26-,27-/m0/s1. The highest BCUT2D eigenvalue weighted by atomic mass is 32.1. The van der Waals surface area contributed by atoms with Crippen molar-refractivity contribution < 1.29 is 42.3 Å². The van der Waals surface area contributed by atoms with Gasteiger partial charge in [-0.1, -0.05) is 48.5 Å². The molecule has 2 saturated heterocycles. The van der Waals surface area contributed by atoms with Crippen molar-refractivity contribution in [1.29, 1.82) is 0 Å². The van der Waals surface area contributed by atoms with Crippen molar-refractivity contribution in [2.24, 2.45) is 0 Å². The first-order valence-corrected chi connectivity index (χ1v) is 19.5. The minimum absolute atomic E-state index is 0.0541. The number of likely N-dealkylation sites (tertiary alicyclic amines) is 1. The molecule has 3 atom stereocenters. The van der Waals surface area contributed by atoms with E-state index >= 15 is 0 Å². The lowest BCUT2D eigenvalue weighted by molar-refractivity contribution is -0.149. The van der Waals surface area contributed by atoms with E-state index in [-0.39, 0.29) is 28.7 Å². The number of amides is 3. The van der Waals surface area contributed by atoms with Gasteiger partial charge in [0.05, 0.1) is 33.3 Å². The summed E-state index contributed by atoms with van der Waals surface area (Å²) in [4.78, 5) is 68.5. The van der Waals surface area contributed by atoms with Gasteiger partial charge < -0.3 is 29.6 Å². The molecule has 0 aliphatic carbocycles. The SMILES string of the molecule is O=C(N[C@@H](Cc1nc2ccccc2s1)C(=O)N1CCC[C@H]1C(=O)N1CCO[C@H](c2ccccc2)C1)c1cc2cc(C(F)(F)P(=O)(O)O)ccc2s1. The fraction of sp³-hybridized carbons (Fsp3) is 0.314. The Morgan fingerprint density at radius 1 is 1.00 bits per heavy atom. The van der Waals surface area contributed by atoms with Crippen molar-refractivity contribution in [3.05, 3.63) is 99.9 Å². The van der Waals surface area contributed by atoms with Crippen molar-refractivity contribution in [2.45, 2.75) is 43.1 Å². The topological polar surface area (TPSA) is 149 Å². The number of morpholine rings is 1. The number of alkyl halides is 2. The summed E-state index contributed by atoms with van der Waals surface area (Å²) < 4.78 is 47.6. The number of carbonyl (C=O) groups excluding carboxylic acids is 3. The first kappa shape index (κ1) is 35.3. The summed E-state index contributed by atoms with van der Waals surface area (Å²) in [6.07, 6.45) is 0.839. The van der Waals surface area contributed by atoms with Crippen molar-refractivity contribution in [2.75, 3.05) is 26.2 Å². The number of hydrogen-bond acceptors (Lipinski definition) is 8. The molecular weight excluding hydrogens is 722 g/mol. The third kappa shape index (κ3) is 7.19. The molecule has 3 N–H and O–H groups in total. The van der Waals surface area contributed by atoms with Gasteiger partial charge >= 0.3 is 13.3 Å². The fourth-order valence-electron chi connectivity index (χ4n) is 6.54. The summed E-state index contributed by atoms with van der Waals surface area (Å²) in [6, 6.07) is 19.8. The third-order valence-electron chi connectivity index (χ3n) is 9.14. The van der Waals surface area contributed by atoms with Crippen LogP contribution in [0.25, 0.3) is 20.3 Å². The average molecular weight is 755 g/mol. The number of rotatable bonds is 9. The van der Waals surface area contributed by atoms with E-state index in [0.717, 1.165) is 39.2 Å². The summed E-state index contributed by atoms with van der Waals surface area (Å²) in [5, 5.41) is 3.63. The number of aromatic nitrogens is 1. The second-order valence-corrected chi connectivity index (χ2v) is 16.3. The van der Waals surface area contributed by atoms with Gasteiger partial charge in [0.25, 0.3) is 5.91 Å². The van der Waals surface area contributed by atoms with E-state index in [1.165, 1.54) is 28.4 Å². The van der Waals surface area contributed by atoms with Gasteiger partial charge in [0.1, 0.15) is 18.2 Å². The lowest BCUT2D eigenvalue weighted by Crippen LogP contribution is -2.56. The summed E-state index contributed by atoms with van der Waals surface area (Å²) in [7, 11) is -5.79. The van der Waals surface area contributed by atoms with Gasteiger partial charge in [-0.3, -0.25) is 18.9 Å². The Morgan fingerprint density at radius 2 is 1.76 bits per heavy atom. The van der Waals surface area contributed by atoms with Crippen LogP contribution in [0.1, 0.15) is 44.8 Å². The van der Waals surface area contributed by atoms with Crippen LogP contribution in [-0.4, -0.2) is 80.6 Å². The highest BCUT2D eigenvalue weighted by Crippen LogP contribution is 2.59. The summed E-state index contributed by atoms with van der Waals surface area (Å²) in [6.45, 7) is 1.42. The largest absolute Gasteiger partial charge is 0.399 e. The van der Waals surface area contributed by atoms with Gasteiger partial charge in [0.15, 0.2) is 0 Å². The number of thiophene rings is 1. The Hall–Kier alpha value is -4.11. The minimum Gasteiger partial charge on any atom is -0.370 e. The predicted molar refractivity (Wildman–Crippen MR) is 189 cm³/mol. The molecule has 2 aliphatic heterocycles. The molecule has 5 aromatic rings. The Balaban J connectivity index is 1.14. The van der Waals surface area contributed by atoms with Crippen molar-refractivity contribution in [1.82, 2.24) is 20.1 Å². The lowest BCUT2D eigenvalue weighted by atomic mass is 10.1. The molecule has 266 valence electrons. The van der Waals surface area contributed by atoms with Crippen molar-refractivity contribution in [3.63, 3.8) is 0 Å². The number of hydrogen-bond donors (Lipinski definition) is 3. The molecule has 2 fully saturated rings. The number of ether oxygens (including phenoxy) is 1. The van der Waals surface area contributed by atoms with E-state index in [1.54, 1.807) is 4.90 Å². The van der Waals surface area contributed by atoms with Crippen molar-refractivity contribution in [3.8, 4) is 0 Å². The first-order chi connectivity index (χ1) is 24.4. The van der Waals surface area contributed by atoms with E-state index in [0.29, 0.717) is 48.8 Å². The smallest absolute Gasteiger partial charge is 0.370 e. The molecule has 2 aromatic heterocycles. The molecular formula is C35H33F2N4O7PS2. The number of halogens is 2. The number of benzene rings is 3. The summed E-state index contributed by atoms with van der Waals surface area (Å²) in [5.74, 6) is -1.25. The van der Waals surface area contributed by atoms with Crippen LogP contribution in [-0.2, 0) is 31.0 Å². The van der Waals surface area contributed by atoms with Crippen LogP contribution in [0, 0.1) is 0 Å². The van der Waals surface area contributed by atoms with E-state index < -0.39 is 42.7 Å². The van der Waals surface area contributed by atoms with Gasteiger partial charge in [-0.2, -0.15) is 8.78 Å². The maximum Gasteiger partial charge on any atom is 0.399 e. The number of para-hydroxylation sites is 1. The highest BCUT2D eigenvalue weighted by Gasteiger charge is 2.50. The molecule has 51 heavy (non-hydrogen) atoms. The summed E-state index contributed by atoms with van der Waals surface area (Å²) in [5.41, 5.74) is -3.58. The quantitative estimate of drug-likeness (QED) is 0.163. The zero-order chi connectivity index (χ0) is 35.9. The van der Waals surface area contributed by atoms with Crippen LogP contribution in [0.4, 0.5) is 8.78 Å². The molecule has 3 aromatic carbocycles. The fourth-order valence-corrected chi connectivity index (χ4v) is 8.97. The Labute approximate surface area is 299 Å². The van der Waals surface area contributed by atoms with E-state index in [4.69, 9.17) is 4.74 Å². The molecule has 16 heteroatoms. The van der Waals surface area contributed by atoms with Crippen LogP contribution in [0.2, 0.25) is 0 Å². The Bertz CT molecular complexity index is 2120. The molecule has 0 unspecified atom stereocenters. The molecule has 0 bridgehead atoms. The monoisotopic (exact) mass is 754 g/mol. The second kappa shape index (κ2) is 14.1. The summed E-state index contributed by atoms with van der Waals surface area (Å²) >= 11 is 2.38. The van der Waals surface area contributed by atoms with Crippen LogP contribution < -0.4 is 5.32 Å². The molecule has 0 saturated carbocycles. The molecule has 11 nitrogen and oxygen atoms in total. The number of fused-ring (bicyclic) bond motifs is 2. The molecule has 3 amide bonds. The Kier molecular flexibility index (Phi) is 9.78. The highest BCUT2D eigenvalue weighted by molar-refractivity contribution is 7.52. The van der Waals surface area contributed by atoms with Gasteiger partial charge in [-0.05, 0) is 54.1 Å². The van der Waals surface area contributed by atoms with Crippen LogP contribution in [0.15, 0.2) is 78.9 Å². The van der Waals surface area contributed by atoms with Crippen LogP contribution in [0.5, 0.6) is 0 Å². The second-order valence-electron chi connectivity index (χ2n) is 12.5. The van der Waals surface area contributed by atoms with Crippen molar-refractivity contribution >= 4 is 68.3 Å². The number of nitrogens with one attached hydrogen (secondary N) is 1. The molecule has 0 spiro atoms. The number of carbonyl (C=O) groups is 3. The maximum absolute atomic E-state index is 14.4. The number of nitrogens with zero attached hydrogens (tertiary/aromatic N) is 3. The lowest BCUT2D eigenvalue weighted by Gasteiger charge is -2.37. The van der Waals surface area contributed by atoms with Gasteiger partial charge in [-0.15, -0.1) is 22.7 Å². The van der Waals surface area contributed by atoms with E-state index in [1.807, 2.05) is 54.6 Å². The van der Waals surface area contributed by atoms with E-state index in [2.05, 4.69) is 10.3 Å². The van der Waals surface area contributed by atoms with Gasteiger partial charge in [0, 0.05) is 29.8 Å². The molecule has 2 aliphatic rings. The molecule has 4 heterocycles. The van der Waals surface area contributed by atoms with Gasteiger partial charge in [0.2, 0.25) is 11.8 Å². The predicted octanol–water partition coefficient (Wildman–Crippen LogP) is 5.67. The normalized spacial score (nSPS) is 19.1. The maximum atomic E-state index is 14.4. The average Bonchev–Trinajstić information content (AvgIpc) is 3.88. The van der Waals surface area contributed by atoms with Gasteiger partial charge in [-0.25, -0.2) is 4.98 Å². The van der Waals surface area contributed by atoms with Crippen LogP contribution in [0.3, 0.4) is 0 Å². The first-order valence-electron chi connectivity index (χ1n) is 16.3. The molecule has 7 rings (SSSR count). The molecule has 0 radical (unpaired) electrons.